The Morgan fingerprint density at radius 2 is 1.77 bits per heavy atom. The van der Waals surface area contributed by atoms with Crippen molar-refractivity contribution >= 4 is 22.6 Å². The van der Waals surface area contributed by atoms with E-state index in [9.17, 15) is 18.0 Å². The van der Waals surface area contributed by atoms with E-state index in [1.807, 2.05) is 31.2 Å². The topological polar surface area (TPSA) is 59.8 Å². The summed E-state index contributed by atoms with van der Waals surface area (Å²) < 4.78 is 42.2. The molecule has 0 aliphatic rings. The lowest BCUT2D eigenvalue weighted by Crippen LogP contribution is -2.15. The van der Waals surface area contributed by atoms with E-state index in [1.165, 1.54) is 12.3 Å². The molecule has 2 aromatic carbocycles. The van der Waals surface area contributed by atoms with Gasteiger partial charge in [-0.05, 0) is 37.6 Å². The Labute approximate surface area is 170 Å². The molecule has 30 heavy (non-hydrogen) atoms. The lowest BCUT2D eigenvalue weighted by Gasteiger charge is -2.09. The Morgan fingerprint density at radius 1 is 1.03 bits per heavy atom. The zero-order valence-electron chi connectivity index (χ0n) is 16.2. The summed E-state index contributed by atoms with van der Waals surface area (Å²) in [5.74, 6) is -5.11. The second-order valence-electron chi connectivity index (χ2n) is 7.01. The monoisotopic (exact) mass is 410 g/mol. The number of rotatable bonds is 4. The molecule has 152 valence electrons. The average Bonchev–Trinajstić information content (AvgIpc) is 3.12. The molecule has 0 aliphatic carbocycles. The van der Waals surface area contributed by atoms with Gasteiger partial charge in [0.2, 0.25) is 0 Å². The molecule has 0 atom stereocenters. The predicted octanol–water partition coefficient (Wildman–Crippen LogP) is 4.77. The van der Waals surface area contributed by atoms with Crippen LogP contribution in [0.3, 0.4) is 0 Å². The van der Waals surface area contributed by atoms with Crippen LogP contribution in [0.5, 0.6) is 0 Å². The molecule has 0 aliphatic heterocycles. The van der Waals surface area contributed by atoms with E-state index in [-0.39, 0.29) is 5.56 Å². The summed E-state index contributed by atoms with van der Waals surface area (Å²) in [5, 5.41) is 7.10. The number of fused-ring (bicyclic) bond motifs is 1. The van der Waals surface area contributed by atoms with Crippen LogP contribution in [0.4, 0.5) is 18.9 Å². The van der Waals surface area contributed by atoms with Gasteiger partial charge in [-0.2, -0.15) is 5.10 Å². The van der Waals surface area contributed by atoms with Crippen molar-refractivity contribution in [3.05, 3.63) is 88.5 Å². The summed E-state index contributed by atoms with van der Waals surface area (Å²) in [6, 6.07) is 11.2. The number of amides is 1. The molecule has 4 aromatic rings. The molecule has 8 heteroatoms. The van der Waals surface area contributed by atoms with Gasteiger partial charge >= 0.3 is 0 Å². The molecular formula is C22H17F3N4O. The number of anilines is 1. The maximum Gasteiger partial charge on any atom is 0.256 e. The summed E-state index contributed by atoms with van der Waals surface area (Å²) in [4.78, 5) is 17.3. The van der Waals surface area contributed by atoms with Gasteiger partial charge in [0.1, 0.15) is 0 Å². The molecule has 0 radical (unpaired) electrons. The molecular weight excluding hydrogens is 393 g/mol. The number of aryl methyl sites for hydroxylation is 2. The number of carbonyl (C=O) groups is 1. The van der Waals surface area contributed by atoms with Gasteiger partial charge in [-0.1, -0.05) is 29.8 Å². The zero-order valence-corrected chi connectivity index (χ0v) is 16.2. The summed E-state index contributed by atoms with van der Waals surface area (Å²) >= 11 is 0. The Balaban J connectivity index is 1.69. The molecule has 0 unspecified atom stereocenters. The fourth-order valence-corrected chi connectivity index (χ4v) is 3.15. The first kappa shape index (κ1) is 19.6. The summed E-state index contributed by atoms with van der Waals surface area (Å²) in [6.07, 6.45) is 1.51. The normalized spacial score (nSPS) is 11.1. The molecule has 4 rings (SSSR count). The Bertz CT molecular complexity index is 1270. The van der Waals surface area contributed by atoms with Crippen molar-refractivity contribution in [3.8, 4) is 0 Å². The SMILES string of the molecule is Cc1ccc(Cn2ncc3c(C(=O)Nc4ccc(F)c(F)c4F)cc(C)nc32)cc1. The Morgan fingerprint density at radius 3 is 2.50 bits per heavy atom. The van der Waals surface area contributed by atoms with E-state index in [0.29, 0.717) is 23.3 Å². The predicted molar refractivity (Wildman–Crippen MR) is 107 cm³/mol. The third kappa shape index (κ3) is 3.63. The third-order valence-electron chi connectivity index (χ3n) is 4.72. The van der Waals surface area contributed by atoms with Gasteiger partial charge in [0.25, 0.3) is 5.91 Å². The van der Waals surface area contributed by atoms with Gasteiger partial charge in [0, 0.05) is 5.69 Å². The lowest BCUT2D eigenvalue weighted by atomic mass is 10.1. The van der Waals surface area contributed by atoms with E-state index in [2.05, 4.69) is 15.4 Å². The number of aromatic nitrogens is 3. The average molecular weight is 410 g/mol. The molecule has 2 aromatic heterocycles. The Hall–Kier alpha value is -3.68. The van der Waals surface area contributed by atoms with Crippen LogP contribution in [0.1, 0.15) is 27.2 Å². The maximum absolute atomic E-state index is 13.9. The van der Waals surface area contributed by atoms with Crippen molar-refractivity contribution in [3.63, 3.8) is 0 Å². The van der Waals surface area contributed by atoms with Crippen molar-refractivity contribution in [2.75, 3.05) is 5.32 Å². The van der Waals surface area contributed by atoms with Crippen LogP contribution in [0.2, 0.25) is 0 Å². The van der Waals surface area contributed by atoms with Crippen LogP contribution in [0.15, 0.2) is 48.7 Å². The van der Waals surface area contributed by atoms with Gasteiger partial charge in [-0.15, -0.1) is 0 Å². The van der Waals surface area contributed by atoms with Crippen molar-refractivity contribution in [2.45, 2.75) is 20.4 Å². The van der Waals surface area contributed by atoms with Crippen molar-refractivity contribution in [2.24, 2.45) is 0 Å². The quantitative estimate of drug-likeness (QED) is 0.493. The number of hydrogen-bond acceptors (Lipinski definition) is 3. The molecule has 0 spiro atoms. The van der Waals surface area contributed by atoms with Crippen LogP contribution in [0, 0.1) is 31.3 Å². The third-order valence-corrected chi connectivity index (χ3v) is 4.72. The highest BCUT2D eigenvalue weighted by molar-refractivity contribution is 6.12. The first-order valence-corrected chi connectivity index (χ1v) is 9.17. The van der Waals surface area contributed by atoms with Gasteiger partial charge in [0.15, 0.2) is 23.1 Å². The van der Waals surface area contributed by atoms with E-state index >= 15 is 0 Å². The Kier molecular flexibility index (Phi) is 4.99. The maximum atomic E-state index is 13.9. The highest BCUT2D eigenvalue weighted by Gasteiger charge is 2.19. The fraction of sp³-hybridized carbons (Fsp3) is 0.136. The number of carbonyl (C=O) groups excluding carboxylic acids is 1. The van der Waals surface area contributed by atoms with E-state index < -0.39 is 29.0 Å². The van der Waals surface area contributed by atoms with Crippen LogP contribution < -0.4 is 5.32 Å². The number of nitrogens with one attached hydrogen (secondary N) is 1. The second kappa shape index (κ2) is 7.62. The minimum atomic E-state index is -1.64. The summed E-state index contributed by atoms with van der Waals surface area (Å²) in [7, 11) is 0. The standard InChI is InChI=1S/C22H17F3N4O/c1-12-3-5-14(6-4-12)11-29-21-16(10-26-29)15(9-13(2)27-21)22(30)28-18-8-7-17(23)19(24)20(18)25/h3-10H,11H2,1-2H3,(H,28,30). The van der Waals surface area contributed by atoms with E-state index in [4.69, 9.17) is 0 Å². The molecule has 2 heterocycles. The highest BCUT2D eigenvalue weighted by atomic mass is 19.2. The van der Waals surface area contributed by atoms with Crippen molar-refractivity contribution < 1.29 is 18.0 Å². The molecule has 0 fully saturated rings. The second-order valence-corrected chi connectivity index (χ2v) is 7.01. The minimum Gasteiger partial charge on any atom is -0.319 e. The van der Waals surface area contributed by atoms with Crippen molar-refractivity contribution in [1.29, 1.82) is 0 Å². The lowest BCUT2D eigenvalue weighted by molar-refractivity contribution is 0.102. The summed E-state index contributed by atoms with van der Waals surface area (Å²) in [6.45, 7) is 4.18. The number of pyridine rings is 1. The summed E-state index contributed by atoms with van der Waals surface area (Å²) in [5.41, 5.74) is 2.96. The molecule has 1 amide bonds. The largest absolute Gasteiger partial charge is 0.319 e. The molecule has 0 saturated carbocycles. The van der Waals surface area contributed by atoms with Crippen LogP contribution in [-0.4, -0.2) is 20.7 Å². The first-order valence-electron chi connectivity index (χ1n) is 9.17. The number of halogens is 3. The molecule has 1 N–H and O–H groups in total. The number of hydrogen-bond donors (Lipinski definition) is 1. The molecule has 0 bridgehead atoms. The first-order chi connectivity index (χ1) is 14.3. The van der Waals surface area contributed by atoms with Crippen LogP contribution in [0.25, 0.3) is 11.0 Å². The van der Waals surface area contributed by atoms with Gasteiger partial charge in [0.05, 0.1) is 29.4 Å². The van der Waals surface area contributed by atoms with Gasteiger partial charge in [-0.3, -0.25) is 4.79 Å². The highest BCUT2D eigenvalue weighted by Crippen LogP contribution is 2.23. The van der Waals surface area contributed by atoms with Crippen molar-refractivity contribution in [1.82, 2.24) is 14.8 Å². The van der Waals surface area contributed by atoms with E-state index in [0.717, 1.165) is 23.3 Å². The van der Waals surface area contributed by atoms with Gasteiger partial charge in [-0.25, -0.2) is 22.8 Å². The van der Waals surface area contributed by atoms with E-state index in [1.54, 1.807) is 11.6 Å². The number of nitrogens with zero attached hydrogens (tertiary/aromatic N) is 3. The van der Waals surface area contributed by atoms with Gasteiger partial charge < -0.3 is 5.32 Å². The van der Waals surface area contributed by atoms with Crippen LogP contribution >= 0.6 is 0 Å². The molecule has 5 nitrogen and oxygen atoms in total. The minimum absolute atomic E-state index is 0.205. The number of benzene rings is 2. The molecule has 0 saturated heterocycles. The fourth-order valence-electron chi connectivity index (χ4n) is 3.15. The van der Waals surface area contributed by atoms with Crippen LogP contribution in [-0.2, 0) is 6.54 Å². The zero-order chi connectivity index (χ0) is 21.4. The smallest absolute Gasteiger partial charge is 0.256 e.